The summed E-state index contributed by atoms with van der Waals surface area (Å²) in [5, 5.41) is 11.6. The number of amides is 1. The number of nitro groups is 1. The molecule has 162 valence electrons. The van der Waals surface area contributed by atoms with Gasteiger partial charge in [0.25, 0.3) is 17.5 Å². The van der Waals surface area contributed by atoms with Crippen molar-refractivity contribution in [2.24, 2.45) is 0 Å². The molecule has 2 aromatic rings. The summed E-state index contributed by atoms with van der Waals surface area (Å²) < 4.78 is 11.5. The van der Waals surface area contributed by atoms with Crippen LogP contribution in [0.1, 0.15) is 81.0 Å². The maximum absolute atomic E-state index is 13.4. The normalized spacial score (nSPS) is 15.5. The molecule has 1 aromatic heterocycles. The molecule has 1 unspecified atom stereocenters. The molecule has 0 fully saturated rings. The van der Waals surface area contributed by atoms with Gasteiger partial charge in [0.15, 0.2) is 0 Å². The fourth-order valence-corrected chi connectivity index (χ4v) is 4.17. The Morgan fingerprint density at radius 3 is 2.50 bits per heavy atom. The SMILES string of the molecule is CCCCCCC1c2oc(OC)c(-c3ccccc3[N+](=O)[O-])c2C(=O)N1CCCC. The molecular weight excluding hydrogens is 384 g/mol. The third-order valence-corrected chi connectivity index (χ3v) is 5.70. The van der Waals surface area contributed by atoms with Crippen LogP contribution in [0.15, 0.2) is 28.7 Å². The quantitative estimate of drug-likeness (QED) is 0.251. The molecule has 0 aliphatic carbocycles. The Hall–Kier alpha value is -2.83. The summed E-state index contributed by atoms with van der Waals surface area (Å²) in [6.45, 7) is 4.91. The lowest BCUT2D eigenvalue weighted by atomic mass is 9.99. The molecule has 7 heteroatoms. The number of furan rings is 1. The zero-order chi connectivity index (χ0) is 21.7. The molecule has 30 heavy (non-hydrogen) atoms. The molecule has 1 amide bonds. The lowest BCUT2D eigenvalue weighted by Gasteiger charge is -2.25. The minimum Gasteiger partial charge on any atom is -0.468 e. The number of carbonyl (C=O) groups excluding carboxylic acids is 1. The molecule has 0 saturated carbocycles. The summed E-state index contributed by atoms with van der Waals surface area (Å²) in [4.78, 5) is 26.5. The first-order chi connectivity index (χ1) is 14.5. The lowest BCUT2D eigenvalue weighted by Crippen LogP contribution is -2.29. The van der Waals surface area contributed by atoms with E-state index in [2.05, 4.69) is 13.8 Å². The van der Waals surface area contributed by atoms with Gasteiger partial charge < -0.3 is 14.1 Å². The van der Waals surface area contributed by atoms with Gasteiger partial charge in [0.1, 0.15) is 5.76 Å². The number of rotatable bonds is 11. The molecule has 1 aromatic carbocycles. The molecule has 0 radical (unpaired) electrons. The number of ether oxygens (including phenoxy) is 1. The van der Waals surface area contributed by atoms with Crippen LogP contribution in [0, 0.1) is 10.1 Å². The van der Waals surface area contributed by atoms with Crippen LogP contribution in [-0.4, -0.2) is 29.4 Å². The van der Waals surface area contributed by atoms with E-state index in [-0.39, 0.29) is 23.6 Å². The molecule has 2 heterocycles. The number of carbonyl (C=O) groups is 1. The standard InChI is InChI=1S/C23H30N2O5/c1-4-6-8-9-14-18-21-20(22(26)24(18)15-7-5-2)19(23(29-3)30-21)16-12-10-11-13-17(16)25(27)28/h10-13,18H,4-9,14-15H2,1-3H3. The van der Waals surface area contributed by atoms with E-state index in [9.17, 15) is 14.9 Å². The van der Waals surface area contributed by atoms with Gasteiger partial charge in [0, 0.05) is 12.6 Å². The van der Waals surface area contributed by atoms with Crippen LogP contribution >= 0.6 is 0 Å². The maximum Gasteiger partial charge on any atom is 0.293 e. The van der Waals surface area contributed by atoms with E-state index >= 15 is 0 Å². The summed E-state index contributed by atoms with van der Waals surface area (Å²) in [6.07, 6.45) is 7.10. The molecule has 1 aliphatic rings. The van der Waals surface area contributed by atoms with Crippen LogP contribution in [0.3, 0.4) is 0 Å². The van der Waals surface area contributed by atoms with Gasteiger partial charge in [-0.05, 0) is 18.9 Å². The molecule has 0 saturated heterocycles. The summed E-state index contributed by atoms with van der Waals surface area (Å²) in [7, 11) is 1.46. The van der Waals surface area contributed by atoms with E-state index in [0.717, 1.165) is 44.9 Å². The highest BCUT2D eigenvalue weighted by Crippen LogP contribution is 2.50. The third-order valence-electron chi connectivity index (χ3n) is 5.70. The molecule has 0 spiro atoms. The lowest BCUT2D eigenvalue weighted by molar-refractivity contribution is -0.384. The molecule has 0 bridgehead atoms. The van der Waals surface area contributed by atoms with E-state index in [4.69, 9.17) is 9.15 Å². The fourth-order valence-electron chi connectivity index (χ4n) is 4.17. The number of methoxy groups -OCH3 is 1. The Morgan fingerprint density at radius 1 is 1.10 bits per heavy atom. The van der Waals surface area contributed by atoms with E-state index in [1.165, 1.54) is 13.2 Å². The van der Waals surface area contributed by atoms with Gasteiger partial charge in [-0.1, -0.05) is 58.1 Å². The Kier molecular flexibility index (Phi) is 7.13. The van der Waals surface area contributed by atoms with Crippen LogP contribution < -0.4 is 4.74 Å². The first-order valence-corrected chi connectivity index (χ1v) is 10.8. The Balaban J connectivity index is 2.08. The average molecular weight is 415 g/mol. The van der Waals surface area contributed by atoms with Crippen LogP contribution in [0.2, 0.25) is 0 Å². The first kappa shape index (κ1) is 21.9. The topological polar surface area (TPSA) is 85.8 Å². The van der Waals surface area contributed by atoms with E-state index < -0.39 is 4.92 Å². The van der Waals surface area contributed by atoms with Gasteiger partial charge in [0.2, 0.25) is 0 Å². The van der Waals surface area contributed by atoms with Crippen LogP contribution in [0.25, 0.3) is 11.1 Å². The number of benzene rings is 1. The Labute approximate surface area is 177 Å². The minimum atomic E-state index is -0.440. The monoisotopic (exact) mass is 414 g/mol. The molecular formula is C23H30N2O5. The van der Waals surface area contributed by atoms with Crippen molar-refractivity contribution in [2.45, 2.75) is 64.8 Å². The van der Waals surface area contributed by atoms with Gasteiger partial charge in [-0.2, -0.15) is 0 Å². The van der Waals surface area contributed by atoms with E-state index in [0.29, 0.717) is 29.0 Å². The number of hydrogen-bond acceptors (Lipinski definition) is 5. The van der Waals surface area contributed by atoms with Gasteiger partial charge in [-0.3, -0.25) is 14.9 Å². The van der Waals surface area contributed by atoms with Gasteiger partial charge >= 0.3 is 0 Å². The van der Waals surface area contributed by atoms with Crippen molar-refractivity contribution in [3.63, 3.8) is 0 Å². The van der Waals surface area contributed by atoms with Crippen molar-refractivity contribution in [1.82, 2.24) is 4.90 Å². The molecule has 7 nitrogen and oxygen atoms in total. The molecule has 1 aliphatic heterocycles. The van der Waals surface area contributed by atoms with E-state index in [1.54, 1.807) is 18.2 Å². The van der Waals surface area contributed by atoms with E-state index in [1.807, 2.05) is 4.90 Å². The first-order valence-electron chi connectivity index (χ1n) is 10.8. The number of fused-ring (bicyclic) bond motifs is 1. The van der Waals surface area contributed by atoms with Gasteiger partial charge in [-0.15, -0.1) is 0 Å². The second kappa shape index (κ2) is 9.78. The highest BCUT2D eigenvalue weighted by atomic mass is 16.6. The predicted octanol–water partition coefficient (Wildman–Crippen LogP) is 6.13. The predicted molar refractivity (Wildman–Crippen MR) is 115 cm³/mol. The van der Waals surface area contributed by atoms with Crippen molar-refractivity contribution in [3.05, 3.63) is 45.7 Å². The van der Waals surface area contributed by atoms with Crippen LogP contribution in [0.5, 0.6) is 5.95 Å². The third kappa shape index (κ3) is 4.06. The van der Waals surface area contributed by atoms with Crippen molar-refractivity contribution < 1.29 is 18.9 Å². The number of nitrogens with zero attached hydrogens (tertiary/aromatic N) is 2. The Morgan fingerprint density at radius 2 is 1.83 bits per heavy atom. The smallest absolute Gasteiger partial charge is 0.293 e. The van der Waals surface area contributed by atoms with Crippen molar-refractivity contribution in [3.8, 4) is 17.1 Å². The summed E-state index contributed by atoms with van der Waals surface area (Å²) in [5.74, 6) is 0.619. The average Bonchev–Trinajstić information content (AvgIpc) is 3.24. The highest BCUT2D eigenvalue weighted by molar-refractivity contribution is 6.06. The van der Waals surface area contributed by atoms with Crippen molar-refractivity contribution in [2.75, 3.05) is 13.7 Å². The largest absolute Gasteiger partial charge is 0.468 e. The number of nitro benzene ring substituents is 1. The zero-order valence-electron chi connectivity index (χ0n) is 18.0. The highest BCUT2D eigenvalue weighted by Gasteiger charge is 2.44. The van der Waals surface area contributed by atoms with Crippen LogP contribution in [0.4, 0.5) is 5.69 Å². The number of hydrogen-bond donors (Lipinski definition) is 0. The number of para-hydroxylation sites is 1. The zero-order valence-corrected chi connectivity index (χ0v) is 18.0. The Bertz CT molecular complexity index is 905. The second-order valence-corrected chi connectivity index (χ2v) is 7.70. The second-order valence-electron chi connectivity index (χ2n) is 7.70. The minimum absolute atomic E-state index is 0.0706. The van der Waals surface area contributed by atoms with Gasteiger partial charge in [0.05, 0.1) is 34.8 Å². The fraction of sp³-hybridized carbons (Fsp3) is 0.522. The number of unbranched alkanes of at least 4 members (excludes halogenated alkanes) is 4. The van der Waals surface area contributed by atoms with Crippen molar-refractivity contribution in [1.29, 1.82) is 0 Å². The van der Waals surface area contributed by atoms with Gasteiger partial charge in [-0.25, -0.2) is 0 Å². The summed E-state index contributed by atoms with van der Waals surface area (Å²) in [5.41, 5.74) is 1.08. The molecule has 1 atom stereocenters. The summed E-state index contributed by atoms with van der Waals surface area (Å²) >= 11 is 0. The van der Waals surface area contributed by atoms with Crippen molar-refractivity contribution >= 4 is 11.6 Å². The molecule has 0 N–H and O–H groups in total. The molecule has 3 rings (SSSR count). The summed E-state index contributed by atoms with van der Waals surface area (Å²) in [6, 6.07) is 6.26. The maximum atomic E-state index is 13.4. The van der Waals surface area contributed by atoms with Crippen LogP contribution in [-0.2, 0) is 0 Å².